The van der Waals surface area contributed by atoms with Crippen molar-refractivity contribution >= 4 is 27.9 Å². The molecular weight excluding hydrogens is 404 g/mol. The van der Waals surface area contributed by atoms with Crippen molar-refractivity contribution in [1.82, 2.24) is 10.6 Å². The second-order valence-corrected chi connectivity index (χ2v) is 6.85. The number of rotatable bonds is 6. The summed E-state index contributed by atoms with van der Waals surface area (Å²) in [5.74, 6) is 0.572. The van der Waals surface area contributed by atoms with Gasteiger partial charge in [-0.15, -0.1) is 0 Å². The number of ether oxygens (including phenoxy) is 3. The molecule has 142 valence electrons. The van der Waals surface area contributed by atoms with Gasteiger partial charge in [0.05, 0.1) is 35.9 Å². The average molecular weight is 427 g/mol. The first-order valence-corrected chi connectivity index (χ1v) is 9.07. The van der Waals surface area contributed by atoms with E-state index in [-0.39, 0.29) is 6.10 Å². The molecular formula is C18H23BrN2O5. The van der Waals surface area contributed by atoms with Crippen LogP contribution in [0.25, 0.3) is 0 Å². The van der Waals surface area contributed by atoms with E-state index in [0.29, 0.717) is 39.4 Å². The van der Waals surface area contributed by atoms with E-state index in [9.17, 15) is 9.59 Å². The van der Waals surface area contributed by atoms with Gasteiger partial charge in [0.25, 0.3) is 0 Å². The molecule has 2 rings (SSSR count). The summed E-state index contributed by atoms with van der Waals surface area (Å²) in [6.45, 7) is 7.56. The number of hydrogen-bond acceptors (Lipinski definition) is 5. The van der Waals surface area contributed by atoms with Crippen LogP contribution in [0.4, 0.5) is 4.79 Å². The largest absolute Gasteiger partial charge is 0.493 e. The summed E-state index contributed by atoms with van der Waals surface area (Å²) in [7, 11) is 1.53. The van der Waals surface area contributed by atoms with Crippen molar-refractivity contribution in [2.75, 3.05) is 13.7 Å². The Morgan fingerprint density at radius 3 is 2.62 bits per heavy atom. The Labute approximate surface area is 161 Å². The third kappa shape index (κ3) is 4.30. The van der Waals surface area contributed by atoms with Crippen LogP contribution >= 0.6 is 15.9 Å². The minimum absolute atomic E-state index is 0.275. The molecule has 0 aliphatic carbocycles. The molecule has 0 bridgehead atoms. The predicted octanol–water partition coefficient (Wildman–Crippen LogP) is 3.44. The zero-order chi connectivity index (χ0) is 19.4. The highest BCUT2D eigenvalue weighted by atomic mass is 79.9. The van der Waals surface area contributed by atoms with Crippen LogP contribution in [0.3, 0.4) is 0 Å². The van der Waals surface area contributed by atoms with Gasteiger partial charge in [0.1, 0.15) is 0 Å². The smallest absolute Gasteiger partial charge is 0.338 e. The van der Waals surface area contributed by atoms with Crippen LogP contribution in [0, 0.1) is 0 Å². The molecule has 2 N–H and O–H groups in total. The second-order valence-electron chi connectivity index (χ2n) is 5.99. The molecule has 1 aliphatic rings. The maximum atomic E-state index is 12.6. The van der Waals surface area contributed by atoms with Crippen molar-refractivity contribution in [3.63, 3.8) is 0 Å². The Bertz CT molecular complexity index is 745. The fourth-order valence-corrected chi connectivity index (χ4v) is 3.26. The van der Waals surface area contributed by atoms with E-state index in [1.165, 1.54) is 7.11 Å². The van der Waals surface area contributed by atoms with E-state index in [2.05, 4.69) is 26.6 Å². The molecule has 1 unspecified atom stereocenters. The highest BCUT2D eigenvalue weighted by molar-refractivity contribution is 9.10. The first kappa shape index (κ1) is 20.1. The van der Waals surface area contributed by atoms with E-state index < -0.39 is 18.0 Å². The standard InChI is InChI=1S/C18H23BrN2O5/c1-6-25-16-12(19)7-11(8-13(16)24-5)15-14(17(22)26-9(2)3)10(4)20-18(23)21-15/h7-9,15H,6H2,1-5H3,(H2,20,21,23). The fourth-order valence-electron chi connectivity index (χ4n) is 2.68. The number of benzene rings is 1. The Kier molecular flexibility index (Phi) is 6.52. The topological polar surface area (TPSA) is 85.9 Å². The normalized spacial score (nSPS) is 16.9. The quantitative estimate of drug-likeness (QED) is 0.680. The van der Waals surface area contributed by atoms with Gasteiger partial charge in [-0.05, 0) is 61.3 Å². The summed E-state index contributed by atoms with van der Waals surface area (Å²) in [5.41, 5.74) is 1.46. The molecule has 1 aliphatic heterocycles. The second kappa shape index (κ2) is 8.44. The van der Waals surface area contributed by atoms with Gasteiger partial charge in [-0.3, -0.25) is 0 Å². The van der Waals surface area contributed by atoms with E-state index in [0.717, 1.165) is 0 Å². The van der Waals surface area contributed by atoms with Crippen LogP contribution < -0.4 is 20.1 Å². The molecule has 0 radical (unpaired) electrons. The van der Waals surface area contributed by atoms with Gasteiger partial charge >= 0.3 is 12.0 Å². The molecule has 7 nitrogen and oxygen atoms in total. The number of carbonyl (C=O) groups is 2. The molecule has 1 atom stereocenters. The molecule has 0 saturated carbocycles. The summed E-state index contributed by atoms with van der Waals surface area (Å²) in [6.07, 6.45) is -0.275. The number of allylic oxidation sites excluding steroid dienone is 1. The van der Waals surface area contributed by atoms with Gasteiger partial charge in [-0.1, -0.05) is 0 Å². The minimum Gasteiger partial charge on any atom is -0.493 e. The van der Waals surface area contributed by atoms with E-state index >= 15 is 0 Å². The van der Waals surface area contributed by atoms with Gasteiger partial charge in [0, 0.05) is 5.70 Å². The third-order valence-corrected chi connectivity index (χ3v) is 4.29. The van der Waals surface area contributed by atoms with Crippen molar-refractivity contribution in [1.29, 1.82) is 0 Å². The van der Waals surface area contributed by atoms with Crippen molar-refractivity contribution in [2.24, 2.45) is 0 Å². The first-order chi connectivity index (χ1) is 12.3. The van der Waals surface area contributed by atoms with Crippen molar-refractivity contribution < 1.29 is 23.8 Å². The molecule has 0 saturated heterocycles. The fraction of sp³-hybridized carbons (Fsp3) is 0.444. The van der Waals surface area contributed by atoms with E-state index in [4.69, 9.17) is 14.2 Å². The van der Waals surface area contributed by atoms with Crippen LogP contribution in [0.15, 0.2) is 27.9 Å². The molecule has 1 heterocycles. The van der Waals surface area contributed by atoms with Gasteiger partial charge < -0.3 is 24.8 Å². The summed E-state index contributed by atoms with van der Waals surface area (Å²) < 4.78 is 17.0. The van der Waals surface area contributed by atoms with Crippen LogP contribution in [-0.2, 0) is 9.53 Å². The zero-order valence-corrected chi connectivity index (χ0v) is 17.0. The first-order valence-electron chi connectivity index (χ1n) is 8.27. The summed E-state index contributed by atoms with van der Waals surface area (Å²) in [5, 5.41) is 5.39. The highest BCUT2D eigenvalue weighted by Crippen LogP contribution is 2.40. The zero-order valence-electron chi connectivity index (χ0n) is 15.4. The Morgan fingerprint density at radius 2 is 2.04 bits per heavy atom. The van der Waals surface area contributed by atoms with Crippen LogP contribution in [-0.4, -0.2) is 31.8 Å². The summed E-state index contributed by atoms with van der Waals surface area (Å²) >= 11 is 3.47. The molecule has 26 heavy (non-hydrogen) atoms. The molecule has 8 heteroatoms. The van der Waals surface area contributed by atoms with E-state index in [1.807, 2.05) is 6.92 Å². The molecule has 0 fully saturated rings. The lowest BCUT2D eigenvalue weighted by Crippen LogP contribution is -2.45. The molecule has 2 amide bonds. The average Bonchev–Trinajstić information content (AvgIpc) is 2.54. The number of halogens is 1. The maximum absolute atomic E-state index is 12.6. The summed E-state index contributed by atoms with van der Waals surface area (Å²) in [4.78, 5) is 24.6. The van der Waals surface area contributed by atoms with Gasteiger partial charge in [-0.25, -0.2) is 9.59 Å². The summed E-state index contributed by atoms with van der Waals surface area (Å²) in [6, 6.07) is 2.47. The lowest BCUT2D eigenvalue weighted by Gasteiger charge is -2.29. The van der Waals surface area contributed by atoms with Crippen molar-refractivity contribution in [2.45, 2.75) is 39.8 Å². The van der Waals surface area contributed by atoms with Crippen molar-refractivity contribution in [3.05, 3.63) is 33.4 Å². The Morgan fingerprint density at radius 1 is 1.35 bits per heavy atom. The van der Waals surface area contributed by atoms with Crippen LogP contribution in [0.1, 0.15) is 39.3 Å². The number of carbonyl (C=O) groups excluding carboxylic acids is 2. The number of urea groups is 1. The molecule has 1 aromatic carbocycles. The number of esters is 1. The highest BCUT2D eigenvalue weighted by Gasteiger charge is 2.33. The monoisotopic (exact) mass is 426 g/mol. The number of amides is 2. The number of hydrogen-bond donors (Lipinski definition) is 2. The van der Waals surface area contributed by atoms with Gasteiger partial charge in [-0.2, -0.15) is 0 Å². The minimum atomic E-state index is -0.670. The van der Waals surface area contributed by atoms with Crippen LogP contribution in [0.5, 0.6) is 11.5 Å². The number of methoxy groups -OCH3 is 1. The molecule has 0 spiro atoms. The van der Waals surface area contributed by atoms with Gasteiger partial charge in [0.2, 0.25) is 0 Å². The van der Waals surface area contributed by atoms with Gasteiger partial charge in [0.15, 0.2) is 11.5 Å². The lowest BCUT2D eigenvalue weighted by molar-refractivity contribution is -0.143. The third-order valence-electron chi connectivity index (χ3n) is 3.71. The number of nitrogens with one attached hydrogen (secondary N) is 2. The molecule has 0 aromatic heterocycles. The maximum Gasteiger partial charge on any atom is 0.338 e. The van der Waals surface area contributed by atoms with Crippen molar-refractivity contribution in [3.8, 4) is 11.5 Å². The lowest BCUT2D eigenvalue weighted by atomic mass is 9.95. The van der Waals surface area contributed by atoms with E-state index in [1.54, 1.807) is 32.9 Å². The molecule has 1 aromatic rings. The predicted molar refractivity (Wildman–Crippen MR) is 100 cm³/mol. The Balaban J connectivity index is 2.53. The Hall–Kier alpha value is -2.22. The van der Waals surface area contributed by atoms with Crippen LogP contribution in [0.2, 0.25) is 0 Å². The SMILES string of the molecule is CCOc1c(Br)cc(C2NC(=O)NC(C)=C2C(=O)OC(C)C)cc1OC.